The lowest BCUT2D eigenvalue weighted by Gasteiger charge is -2.25. The Morgan fingerprint density at radius 3 is 2.47 bits per heavy atom. The third-order valence-corrected chi connectivity index (χ3v) is 2.25. The average molecular weight is 241 g/mol. The number of amides is 1. The second-order valence-corrected chi connectivity index (χ2v) is 3.69. The Hall–Kier alpha value is -1.85. The number of ether oxygens (including phenoxy) is 2. The van der Waals surface area contributed by atoms with Gasteiger partial charge in [0.05, 0.1) is 6.42 Å². The Morgan fingerprint density at radius 1 is 1.41 bits per heavy atom. The molecule has 0 spiro atoms. The molecule has 1 aliphatic rings. The highest BCUT2D eigenvalue weighted by atomic mass is 16.6. The first-order valence-corrected chi connectivity index (χ1v) is 5.20. The van der Waals surface area contributed by atoms with Crippen molar-refractivity contribution < 1.29 is 23.9 Å². The molecular formula is C11H15NO5. The van der Waals surface area contributed by atoms with Crippen LogP contribution in [0.25, 0.3) is 0 Å². The van der Waals surface area contributed by atoms with Gasteiger partial charge in [0.1, 0.15) is 0 Å². The van der Waals surface area contributed by atoms with Crippen molar-refractivity contribution in [1.82, 2.24) is 4.90 Å². The van der Waals surface area contributed by atoms with E-state index in [-0.39, 0.29) is 18.9 Å². The van der Waals surface area contributed by atoms with E-state index in [1.807, 2.05) is 0 Å². The summed E-state index contributed by atoms with van der Waals surface area (Å²) in [4.78, 5) is 34.8. The average Bonchev–Trinajstić information content (AvgIpc) is 2.45. The van der Waals surface area contributed by atoms with Gasteiger partial charge in [-0.25, -0.2) is 0 Å². The van der Waals surface area contributed by atoms with Gasteiger partial charge in [-0.1, -0.05) is 6.08 Å². The molecule has 0 radical (unpaired) electrons. The van der Waals surface area contributed by atoms with Crippen LogP contribution in [-0.2, 0) is 23.9 Å². The summed E-state index contributed by atoms with van der Waals surface area (Å²) in [6.45, 7) is 6.24. The van der Waals surface area contributed by atoms with Gasteiger partial charge in [-0.05, 0) is 0 Å². The fraction of sp³-hybridized carbons (Fsp3) is 0.545. The normalized spacial score (nSPS) is 23.4. The number of rotatable bonds is 4. The Balaban J connectivity index is 2.83. The van der Waals surface area contributed by atoms with Crippen molar-refractivity contribution >= 4 is 17.8 Å². The summed E-state index contributed by atoms with van der Waals surface area (Å²) >= 11 is 0. The number of carbonyl (C=O) groups excluding carboxylic acids is 3. The van der Waals surface area contributed by atoms with Gasteiger partial charge < -0.3 is 9.47 Å². The predicted molar refractivity (Wildman–Crippen MR) is 57.6 cm³/mol. The SMILES string of the molecule is C=CCN1C(=O)C[C@H](OC(C)=O)[C@@H]1OC(C)=O. The highest BCUT2D eigenvalue weighted by Crippen LogP contribution is 2.23. The number of hydrogen-bond donors (Lipinski definition) is 0. The topological polar surface area (TPSA) is 72.9 Å². The first-order valence-electron chi connectivity index (χ1n) is 5.20. The Bertz CT molecular complexity index is 352. The van der Waals surface area contributed by atoms with Gasteiger partial charge >= 0.3 is 11.9 Å². The van der Waals surface area contributed by atoms with E-state index in [9.17, 15) is 14.4 Å². The van der Waals surface area contributed by atoms with Gasteiger partial charge in [0.25, 0.3) is 0 Å². The van der Waals surface area contributed by atoms with E-state index in [2.05, 4.69) is 6.58 Å². The van der Waals surface area contributed by atoms with Crippen molar-refractivity contribution in [3.8, 4) is 0 Å². The van der Waals surface area contributed by atoms with E-state index < -0.39 is 24.3 Å². The summed E-state index contributed by atoms with van der Waals surface area (Å²) < 4.78 is 9.96. The van der Waals surface area contributed by atoms with Crippen LogP contribution in [0.4, 0.5) is 0 Å². The first-order chi connectivity index (χ1) is 7.95. The third kappa shape index (κ3) is 3.30. The fourth-order valence-electron chi connectivity index (χ4n) is 1.70. The zero-order valence-electron chi connectivity index (χ0n) is 9.84. The molecule has 1 aliphatic heterocycles. The molecule has 1 fully saturated rings. The number of carbonyl (C=O) groups is 3. The molecule has 0 aromatic carbocycles. The van der Waals surface area contributed by atoms with Gasteiger partial charge in [-0.2, -0.15) is 0 Å². The van der Waals surface area contributed by atoms with Gasteiger partial charge in [0, 0.05) is 20.4 Å². The Labute approximate surface area is 99.2 Å². The van der Waals surface area contributed by atoms with Crippen molar-refractivity contribution in [3.63, 3.8) is 0 Å². The lowest BCUT2D eigenvalue weighted by atomic mass is 10.3. The lowest BCUT2D eigenvalue weighted by Crippen LogP contribution is -2.41. The zero-order chi connectivity index (χ0) is 13.0. The maximum Gasteiger partial charge on any atom is 0.304 e. The Morgan fingerprint density at radius 2 is 2.00 bits per heavy atom. The van der Waals surface area contributed by atoms with E-state index in [1.165, 1.54) is 24.8 Å². The van der Waals surface area contributed by atoms with Crippen LogP contribution in [0.2, 0.25) is 0 Å². The number of nitrogens with zero attached hydrogens (tertiary/aromatic N) is 1. The molecule has 6 nitrogen and oxygen atoms in total. The minimum absolute atomic E-state index is 0.0192. The molecule has 0 N–H and O–H groups in total. The molecule has 0 aromatic rings. The predicted octanol–water partition coefficient (Wildman–Crippen LogP) is 0.226. The molecule has 0 aromatic heterocycles. The maximum atomic E-state index is 11.6. The van der Waals surface area contributed by atoms with Gasteiger partial charge in [0.15, 0.2) is 6.10 Å². The van der Waals surface area contributed by atoms with Crippen LogP contribution in [-0.4, -0.2) is 41.6 Å². The highest BCUT2D eigenvalue weighted by molar-refractivity contribution is 5.81. The number of hydrogen-bond acceptors (Lipinski definition) is 5. The third-order valence-electron chi connectivity index (χ3n) is 2.25. The van der Waals surface area contributed by atoms with Crippen molar-refractivity contribution in [1.29, 1.82) is 0 Å². The van der Waals surface area contributed by atoms with E-state index in [0.29, 0.717) is 0 Å². The summed E-state index contributed by atoms with van der Waals surface area (Å²) in [7, 11) is 0. The maximum absolute atomic E-state index is 11.6. The lowest BCUT2D eigenvalue weighted by molar-refractivity contribution is -0.173. The molecule has 6 heteroatoms. The molecular weight excluding hydrogens is 226 g/mol. The molecule has 0 saturated carbocycles. The summed E-state index contributed by atoms with van der Waals surface area (Å²) in [6, 6.07) is 0. The summed E-state index contributed by atoms with van der Waals surface area (Å²) in [5.41, 5.74) is 0. The Kier molecular flexibility index (Phi) is 4.25. The minimum Gasteiger partial charge on any atom is -0.456 e. The van der Waals surface area contributed by atoms with Crippen LogP contribution >= 0.6 is 0 Å². The molecule has 17 heavy (non-hydrogen) atoms. The van der Waals surface area contributed by atoms with Crippen molar-refractivity contribution in [2.45, 2.75) is 32.6 Å². The summed E-state index contributed by atoms with van der Waals surface area (Å²) in [5, 5.41) is 0. The minimum atomic E-state index is -0.859. The van der Waals surface area contributed by atoms with Crippen molar-refractivity contribution in [2.24, 2.45) is 0 Å². The number of likely N-dealkylation sites (tertiary alicyclic amines) is 1. The molecule has 1 saturated heterocycles. The van der Waals surface area contributed by atoms with E-state index in [0.717, 1.165) is 0 Å². The van der Waals surface area contributed by atoms with Crippen LogP contribution in [0.1, 0.15) is 20.3 Å². The molecule has 1 heterocycles. The molecule has 2 atom stereocenters. The molecule has 0 bridgehead atoms. The van der Waals surface area contributed by atoms with Gasteiger partial charge in [-0.15, -0.1) is 6.58 Å². The number of esters is 2. The molecule has 1 amide bonds. The van der Waals surface area contributed by atoms with E-state index in [1.54, 1.807) is 0 Å². The largest absolute Gasteiger partial charge is 0.456 e. The quantitative estimate of drug-likeness (QED) is 0.520. The smallest absolute Gasteiger partial charge is 0.304 e. The highest BCUT2D eigenvalue weighted by Gasteiger charge is 2.43. The van der Waals surface area contributed by atoms with Gasteiger partial charge in [-0.3, -0.25) is 19.3 Å². The fourth-order valence-corrected chi connectivity index (χ4v) is 1.70. The second kappa shape index (κ2) is 5.47. The van der Waals surface area contributed by atoms with Crippen LogP contribution in [0, 0.1) is 0 Å². The zero-order valence-corrected chi connectivity index (χ0v) is 9.84. The van der Waals surface area contributed by atoms with E-state index in [4.69, 9.17) is 9.47 Å². The summed E-state index contributed by atoms with van der Waals surface area (Å²) in [5.74, 6) is -1.28. The molecule has 94 valence electrons. The molecule has 1 rings (SSSR count). The second-order valence-electron chi connectivity index (χ2n) is 3.69. The van der Waals surface area contributed by atoms with Crippen molar-refractivity contribution in [3.05, 3.63) is 12.7 Å². The van der Waals surface area contributed by atoms with Crippen LogP contribution < -0.4 is 0 Å². The van der Waals surface area contributed by atoms with Crippen LogP contribution in [0.3, 0.4) is 0 Å². The molecule has 0 unspecified atom stereocenters. The first kappa shape index (κ1) is 13.2. The van der Waals surface area contributed by atoms with Crippen LogP contribution in [0.5, 0.6) is 0 Å². The van der Waals surface area contributed by atoms with Crippen LogP contribution in [0.15, 0.2) is 12.7 Å². The molecule has 0 aliphatic carbocycles. The summed E-state index contributed by atoms with van der Waals surface area (Å²) in [6.07, 6.45) is -0.0682. The van der Waals surface area contributed by atoms with E-state index >= 15 is 0 Å². The van der Waals surface area contributed by atoms with Gasteiger partial charge in [0.2, 0.25) is 12.1 Å². The standard InChI is InChI=1S/C11H15NO5/c1-4-5-12-10(15)6-9(16-7(2)13)11(12)17-8(3)14/h4,9,11H,1,5-6H2,2-3H3/t9-,11-/m0/s1. The van der Waals surface area contributed by atoms with Crippen molar-refractivity contribution in [2.75, 3.05) is 6.54 Å². The monoisotopic (exact) mass is 241 g/mol.